The van der Waals surface area contributed by atoms with Crippen molar-refractivity contribution in [3.8, 4) is 0 Å². The molecule has 2 saturated heterocycles. The number of aryl methyl sites for hydroxylation is 1. The molecule has 5 heterocycles. The monoisotopic (exact) mass is 439 g/mol. The van der Waals surface area contributed by atoms with Gasteiger partial charge >= 0.3 is 0 Å². The Morgan fingerprint density at radius 1 is 1.16 bits per heavy atom. The third-order valence-electron chi connectivity index (χ3n) is 6.91. The van der Waals surface area contributed by atoms with Gasteiger partial charge in [-0.05, 0) is 25.0 Å². The Morgan fingerprint density at radius 3 is 2.71 bits per heavy atom. The zero-order chi connectivity index (χ0) is 21.3. The molecule has 8 nitrogen and oxygen atoms in total. The molecule has 3 aliphatic heterocycles. The van der Waals surface area contributed by atoms with E-state index in [1.54, 1.807) is 9.25 Å². The maximum Gasteiger partial charge on any atom is 0.278 e. The Kier molecular flexibility index (Phi) is 4.30. The highest BCUT2D eigenvalue weighted by Gasteiger charge is 2.34. The lowest BCUT2D eigenvalue weighted by molar-refractivity contribution is 0.280. The second-order valence-corrected chi connectivity index (χ2v) is 9.38. The van der Waals surface area contributed by atoms with Gasteiger partial charge in [0.05, 0.1) is 21.9 Å². The van der Waals surface area contributed by atoms with Crippen LogP contribution in [0.5, 0.6) is 0 Å². The van der Waals surface area contributed by atoms with E-state index in [4.69, 9.17) is 16.6 Å². The van der Waals surface area contributed by atoms with Crippen LogP contribution in [0.1, 0.15) is 25.0 Å². The van der Waals surface area contributed by atoms with E-state index in [0.29, 0.717) is 29.3 Å². The maximum absolute atomic E-state index is 13.5. The van der Waals surface area contributed by atoms with Gasteiger partial charge in [0.2, 0.25) is 5.95 Å². The molecular weight excluding hydrogens is 414 g/mol. The van der Waals surface area contributed by atoms with E-state index in [0.717, 1.165) is 47.7 Å². The lowest BCUT2D eigenvalue weighted by atomic mass is 9.94. The maximum atomic E-state index is 13.5. The second-order valence-electron chi connectivity index (χ2n) is 9.00. The number of nitrogens with one attached hydrogen (secondary N) is 1. The minimum Gasteiger partial charge on any atom is -0.339 e. The van der Waals surface area contributed by atoms with Crippen molar-refractivity contribution in [1.82, 2.24) is 24.6 Å². The van der Waals surface area contributed by atoms with Gasteiger partial charge in [-0.15, -0.1) is 0 Å². The molecule has 3 aromatic rings. The summed E-state index contributed by atoms with van der Waals surface area (Å²) in [7, 11) is 3.72. The van der Waals surface area contributed by atoms with Crippen molar-refractivity contribution in [2.75, 3.05) is 29.4 Å². The highest BCUT2D eigenvalue weighted by atomic mass is 35.5. The molecule has 2 aromatic heterocycles. The largest absolute Gasteiger partial charge is 0.339 e. The first kappa shape index (κ1) is 19.1. The van der Waals surface area contributed by atoms with E-state index in [-0.39, 0.29) is 5.56 Å². The predicted molar refractivity (Wildman–Crippen MR) is 123 cm³/mol. The molecule has 6 rings (SSSR count). The van der Waals surface area contributed by atoms with Crippen molar-refractivity contribution in [3.05, 3.63) is 39.4 Å². The SMILES string of the molecule is Cn1cc2c(Cl)c(N3CCc4nc(N5CC6CCCC(C5)N6)n(C)c(=O)c43)ccc2n1. The number of halogens is 1. The Morgan fingerprint density at radius 2 is 1.94 bits per heavy atom. The highest BCUT2D eigenvalue weighted by molar-refractivity contribution is 6.38. The van der Waals surface area contributed by atoms with Crippen LogP contribution < -0.4 is 20.7 Å². The zero-order valence-corrected chi connectivity index (χ0v) is 18.6. The van der Waals surface area contributed by atoms with Gasteiger partial charge in [0.1, 0.15) is 5.69 Å². The fourth-order valence-corrected chi connectivity index (χ4v) is 5.78. The smallest absolute Gasteiger partial charge is 0.278 e. The fraction of sp³-hybridized carbons (Fsp3) is 0.500. The number of rotatable bonds is 2. The lowest BCUT2D eigenvalue weighted by Gasteiger charge is -2.43. The minimum absolute atomic E-state index is 0.0106. The quantitative estimate of drug-likeness (QED) is 0.661. The van der Waals surface area contributed by atoms with E-state index in [9.17, 15) is 4.79 Å². The van der Waals surface area contributed by atoms with Gasteiger partial charge in [-0.3, -0.25) is 14.0 Å². The number of nitrogens with zero attached hydrogens (tertiary/aromatic N) is 6. The molecule has 162 valence electrons. The summed E-state index contributed by atoms with van der Waals surface area (Å²) in [6.45, 7) is 2.50. The fourth-order valence-electron chi connectivity index (χ4n) is 5.46. The number of anilines is 3. The van der Waals surface area contributed by atoms with E-state index in [2.05, 4.69) is 15.3 Å². The Bertz CT molecular complexity index is 1240. The molecule has 2 fully saturated rings. The minimum atomic E-state index is -0.0106. The summed E-state index contributed by atoms with van der Waals surface area (Å²) in [5, 5.41) is 9.65. The summed E-state index contributed by atoms with van der Waals surface area (Å²) in [5.41, 5.74) is 3.19. The average Bonchev–Trinajstić information content (AvgIpc) is 3.34. The van der Waals surface area contributed by atoms with Crippen LogP contribution in [0.25, 0.3) is 10.9 Å². The van der Waals surface area contributed by atoms with Crippen LogP contribution in [-0.2, 0) is 20.5 Å². The number of hydrogen-bond acceptors (Lipinski definition) is 6. The number of aromatic nitrogens is 4. The normalized spacial score (nSPS) is 22.9. The topological polar surface area (TPSA) is 71.2 Å². The van der Waals surface area contributed by atoms with Gasteiger partial charge in [-0.2, -0.15) is 5.10 Å². The first-order valence-electron chi connectivity index (χ1n) is 11.0. The second kappa shape index (κ2) is 6.97. The van der Waals surface area contributed by atoms with Crippen molar-refractivity contribution in [2.45, 2.75) is 37.8 Å². The van der Waals surface area contributed by atoms with Crippen molar-refractivity contribution >= 4 is 39.8 Å². The van der Waals surface area contributed by atoms with Gasteiger partial charge in [-0.25, -0.2) is 4.98 Å². The summed E-state index contributed by atoms with van der Waals surface area (Å²) in [5.74, 6) is 0.790. The third kappa shape index (κ3) is 2.96. The molecule has 2 atom stereocenters. The number of piperazine rings is 1. The van der Waals surface area contributed by atoms with E-state index in [1.807, 2.05) is 37.3 Å². The van der Waals surface area contributed by atoms with E-state index in [1.165, 1.54) is 19.3 Å². The van der Waals surface area contributed by atoms with Gasteiger partial charge < -0.3 is 15.1 Å². The van der Waals surface area contributed by atoms with Gasteiger partial charge in [0.25, 0.3) is 5.56 Å². The number of fused-ring (bicyclic) bond motifs is 4. The van der Waals surface area contributed by atoms with Crippen LogP contribution in [-0.4, -0.2) is 51.0 Å². The number of piperidine rings is 1. The van der Waals surface area contributed by atoms with Crippen LogP contribution in [0.15, 0.2) is 23.1 Å². The Labute approximate surface area is 185 Å². The molecule has 0 saturated carbocycles. The van der Waals surface area contributed by atoms with Gasteiger partial charge in [0, 0.05) is 63.8 Å². The molecular formula is C22H26ClN7O. The zero-order valence-electron chi connectivity index (χ0n) is 17.8. The molecule has 0 radical (unpaired) electrons. The van der Waals surface area contributed by atoms with Gasteiger partial charge in [-0.1, -0.05) is 18.0 Å². The van der Waals surface area contributed by atoms with Crippen molar-refractivity contribution in [1.29, 1.82) is 0 Å². The summed E-state index contributed by atoms with van der Waals surface area (Å²) in [6, 6.07) is 4.89. The van der Waals surface area contributed by atoms with Crippen LogP contribution in [0.3, 0.4) is 0 Å². The molecule has 1 N–H and O–H groups in total. The van der Waals surface area contributed by atoms with Crippen LogP contribution in [0.2, 0.25) is 5.02 Å². The molecule has 2 bridgehead atoms. The first-order valence-corrected chi connectivity index (χ1v) is 11.4. The summed E-state index contributed by atoms with van der Waals surface area (Å²) >= 11 is 6.76. The lowest BCUT2D eigenvalue weighted by Crippen LogP contribution is -2.59. The molecule has 0 amide bonds. The Hall–Kier alpha value is -2.58. The van der Waals surface area contributed by atoms with Crippen LogP contribution in [0.4, 0.5) is 17.3 Å². The molecule has 0 spiro atoms. The molecule has 2 unspecified atom stereocenters. The first-order chi connectivity index (χ1) is 15.0. The van der Waals surface area contributed by atoms with Crippen molar-refractivity contribution < 1.29 is 0 Å². The van der Waals surface area contributed by atoms with Crippen LogP contribution in [0, 0.1) is 0 Å². The van der Waals surface area contributed by atoms with Crippen LogP contribution >= 0.6 is 11.6 Å². The summed E-state index contributed by atoms with van der Waals surface area (Å²) < 4.78 is 3.47. The number of benzene rings is 1. The third-order valence-corrected chi connectivity index (χ3v) is 7.30. The molecule has 1 aromatic carbocycles. The van der Waals surface area contributed by atoms with E-state index < -0.39 is 0 Å². The van der Waals surface area contributed by atoms with Gasteiger partial charge in [0.15, 0.2) is 0 Å². The molecule has 3 aliphatic rings. The molecule has 31 heavy (non-hydrogen) atoms. The van der Waals surface area contributed by atoms with Crippen molar-refractivity contribution in [2.24, 2.45) is 14.1 Å². The Balaban J connectivity index is 1.41. The summed E-state index contributed by atoms with van der Waals surface area (Å²) in [4.78, 5) is 22.8. The highest BCUT2D eigenvalue weighted by Crippen LogP contribution is 2.39. The average molecular weight is 440 g/mol. The van der Waals surface area contributed by atoms with Crippen molar-refractivity contribution in [3.63, 3.8) is 0 Å². The molecule has 9 heteroatoms. The standard InChI is InChI=1S/C22H26ClN7O/c1-27-12-15-16(26-27)6-7-18(19(15)23)30-9-8-17-20(30)21(31)28(2)22(25-17)29-10-13-4-3-5-14(11-29)24-13/h6-7,12-14,24H,3-5,8-11H2,1-2H3. The number of hydrogen-bond donors (Lipinski definition) is 1. The summed E-state index contributed by atoms with van der Waals surface area (Å²) in [6.07, 6.45) is 6.31. The predicted octanol–water partition coefficient (Wildman–Crippen LogP) is 2.35. The van der Waals surface area contributed by atoms with E-state index >= 15 is 0 Å². The molecule has 0 aliphatic carbocycles.